The van der Waals surface area contributed by atoms with Gasteiger partial charge in [-0.2, -0.15) is 0 Å². The van der Waals surface area contributed by atoms with Crippen molar-refractivity contribution in [1.29, 1.82) is 0 Å². The van der Waals surface area contributed by atoms with Crippen molar-refractivity contribution in [3.8, 4) is 0 Å². The Kier molecular flexibility index (Phi) is 30.3. The third kappa shape index (κ3) is 24.7. The minimum atomic E-state index is -1.02. The molecule has 0 saturated heterocycles. The average Bonchev–Trinajstić information content (AvgIpc) is 2.88. The summed E-state index contributed by atoms with van der Waals surface area (Å²) in [5.41, 5.74) is 0. The second-order valence-electron chi connectivity index (χ2n) is 12.6. The van der Waals surface area contributed by atoms with E-state index in [-0.39, 0.29) is 0 Å². The van der Waals surface area contributed by atoms with Gasteiger partial charge in [0.25, 0.3) is 0 Å². The summed E-state index contributed by atoms with van der Waals surface area (Å²) in [6.07, 6.45) is 46.7. The molecule has 0 aliphatic heterocycles. The molecule has 0 aromatic heterocycles. The Morgan fingerprint density at radius 1 is 0.222 bits per heavy atom. The minimum absolute atomic E-state index is 1.02. The molecular weight excluding hydrogens is 451 g/mol. The summed E-state index contributed by atoms with van der Waals surface area (Å²) in [4.78, 5) is 0. The van der Waals surface area contributed by atoms with Gasteiger partial charge in [-0.05, 0) is 0 Å². The van der Waals surface area contributed by atoms with E-state index < -0.39 is 7.26 Å². The fourth-order valence-corrected chi connectivity index (χ4v) is 11.9. The van der Waals surface area contributed by atoms with Gasteiger partial charge in [0.1, 0.15) is 0 Å². The summed E-state index contributed by atoms with van der Waals surface area (Å²) in [5.74, 6) is 0. The second-order valence-corrected chi connectivity index (χ2v) is 17.6. The van der Waals surface area contributed by atoms with Gasteiger partial charge < -0.3 is 0 Å². The van der Waals surface area contributed by atoms with Crippen molar-refractivity contribution in [2.45, 2.75) is 201 Å². The number of rotatable bonds is 31. The monoisotopic (exact) mass is 527 g/mol. The zero-order chi connectivity index (χ0) is 26.4. The standard InChI is InChI=1S/C35H75P/c1-5-9-13-14-15-16-17-18-19-20-21-22-23-24-25-26-27-31-35-36(32-28-10-6-2,33-29-11-7-3)34-30-12-8-4/h36H,5-35H2,1-4H3. The fourth-order valence-electron chi connectivity index (χ4n) is 6.40. The molecule has 0 aromatic rings. The van der Waals surface area contributed by atoms with E-state index in [1.807, 2.05) is 0 Å². The van der Waals surface area contributed by atoms with Gasteiger partial charge in [0.2, 0.25) is 0 Å². The third-order valence-electron chi connectivity index (χ3n) is 8.99. The maximum absolute atomic E-state index is 2.38. The molecule has 0 unspecified atom stereocenters. The Balaban J connectivity index is 3.85. The van der Waals surface area contributed by atoms with Crippen LogP contribution in [0.3, 0.4) is 0 Å². The van der Waals surface area contributed by atoms with E-state index in [4.69, 9.17) is 0 Å². The van der Waals surface area contributed by atoms with Crippen LogP contribution in [0, 0.1) is 0 Å². The second kappa shape index (κ2) is 30.0. The summed E-state index contributed by atoms with van der Waals surface area (Å²) in [7, 11) is -1.02. The van der Waals surface area contributed by atoms with Crippen LogP contribution in [0.25, 0.3) is 0 Å². The first-order valence-corrected chi connectivity index (χ1v) is 20.6. The predicted octanol–water partition coefficient (Wildman–Crippen LogP) is 13.3. The predicted molar refractivity (Wildman–Crippen MR) is 175 cm³/mol. The van der Waals surface area contributed by atoms with Crippen molar-refractivity contribution < 1.29 is 0 Å². The molecule has 0 bridgehead atoms. The van der Waals surface area contributed by atoms with Crippen LogP contribution >= 0.6 is 7.26 Å². The van der Waals surface area contributed by atoms with Crippen molar-refractivity contribution in [2.75, 3.05) is 24.6 Å². The summed E-state index contributed by atoms with van der Waals surface area (Å²) < 4.78 is 0. The van der Waals surface area contributed by atoms with Crippen LogP contribution in [0.5, 0.6) is 0 Å². The van der Waals surface area contributed by atoms with E-state index in [1.54, 1.807) is 50.3 Å². The molecule has 0 radical (unpaired) electrons. The Bertz CT molecular complexity index is 364. The van der Waals surface area contributed by atoms with Crippen LogP contribution in [0.2, 0.25) is 0 Å². The molecule has 0 N–H and O–H groups in total. The summed E-state index contributed by atoms with van der Waals surface area (Å²) >= 11 is 0. The van der Waals surface area contributed by atoms with Gasteiger partial charge in [0.15, 0.2) is 0 Å². The zero-order valence-electron chi connectivity index (χ0n) is 26.4. The molecule has 0 saturated carbocycles. The van der Waals surface area contributed by atoms with Crippen molar-refractivity contribution in [2.24, 2.45) is 0 Å². The molecule has 0 rings (SSSR count). The molecule has 0 heterocycles. The molecular formula is C35H75P. The van der Waals surface area contributed by atoms with Gasteiger partial charge in [-0.25, -0.2) is 0 Å². The molecule has 0 spiro atoms. The zero-order valence-corrected chi connectivity index (χ0v) is 27.4. The maximum atomic E-state index is 2.38. The number of hydrogen-bond acceptors (Lipinski definition) is 0. The van der Waals surface area contributed by atoms with E-state index in [0.29, 0.717) is 0 Å². The summed E-state index contributed by atoms with van der Waals surface area (Å²) in [5, 5.41) is 0. The van der Waals surface area contributed by atoms with Gasteiger partial charge in [-0.3, -0.25) is 0 Å². The molecule has 0 atom stereocenters. The Morgan fingerprint density at radius 3 is 0.639 bits per heavy atom. The molecule has 0 amide bonds. The van der Waals surface area contributed by atoms with Crippen LogP contribution in [0.4, 0.5) is 0 Å². The third-order valence-corrected chi connectivity index (χ3v) is 14.6. The van der Waals surface area contributed by atoms with Gasteiger partial charge in [0.05, 0.1) is 0 Å². The SMILES string of the molecule is CCCCCCCCCCCCCCCCCCCC[PH](CCCCC)(CCCCC)CCCCC. The normalized spacial score (nSPS) is 12.4. The van der Waals surface area contributed by atoms with Crippen molar-refractivity contribution in [1.82, 2.24) is 0 Å². The van der Waals surface area contributed by atoms with E-state index in [0.717, 1.165) is 0 Å². The van der Waals surface area contributed by atoms with Gasteiger partial charge in [0, 0.05) is 0 Å². The van der Waals surface area contributed by atoms with Crippen LogP contribution < -0.4 is 0 Å². The van der Waals surface area contributed by atoms with Crippen LogP contribution in [-0.2, 0) is 0 Å². The fraction of sp³-hybridized carbons (Fsp3) is 1.00. The summed E-state index contributed by atoms with van der Waals surface area (Å²) in [6, 6.07) is 0. The Morgan fingerprint density at radius 2 is 0.389 bits per heavy atom. The topological polar surface area (TPSA) is 0 Å². The molecule has 0 aliphatic rings. The van der Waals surface area contributed by atoms with E-state index in [1.165, 1.54) is 148 Å². The van der Waals surface area contributed by atoms with E-state index in [2.05, 4.69) is 27.7 Å². The molecule has 0 aliphatic carbocycles. The van der Waals surface area contributed by atoms with Crippen LogP contribution in [0.15, 0.2) is 0 Å². The first kappa shape index (κ1) is 36.4. The molecule has 0 aromatic carbocycles. The Labute approximate surface area is 232 Å². The van der Waals surface area contributed by atoms with Crippen molar-refractivity contribution >= 4 is 7.26 Å². The van der Waals surface area contributed by atoms with Crippen molar-refractivity contribution in [3.05, 3.63) is 0 Å². The van der Waals surface area contributed by atoms with Crippen molar-refractivity contribution in [3.63, 3.8) is 0 Å². The molecule has 36 heavy (non-hydrogen) atoms. The summed E-state index contributed by atoms with van der Waals surface area (Å²) in [6.45, 7) is 9.46. The van der Waals surface area contributed by atoms with E-state index >= 15 is 0 Å². The van der Waals surface area contributed by atoms with Gasteiger partial charge >= 0.3 is 181 Å². The van der Waals surface area contributed by atoms with Crippen LogP contribution in [-0.4, -0.2) is 24.6 Å². The quantitative estimate of drug-likeness (QED) is 0.0622. The molecule has 0 fully saturated rings. The first-order chi connectivity index (χ1) is 17.7. The number of hydrogen-bond donors (Lipinski definition) is 0. The average molecular weight is 527 g/mol. The molecule has 220 valence electrons. The first-order valence-electron chi connectivity index (χ1n) is 17.7. The molecule has 0 nitrogen and oxygen atoms in total. The molecule has 1 heteroatoms. The van der Waals surface area contributed by atoms with Gasteiger partial charge in [-0.15, -0.1) is 0 Å². The van der Waals surface area contributed by atoms with Crippen LogP contribution in [0.1, 0.15) is 201 Å². The number of unbranched alkanes of at least 4 members (excludes halogenated alkanes) is 23. The van der Waals surface area contributed by atoms with E-state index in [9.17, 15) is 0 Å². The van der Waals surface area contributed by atoms with Gasteiger partial charge in [-0.1, -0.05) is 51.9 Å². The Hall–Kier alpha value is 0.430.